The highest BCUT2D eigenvalue weighted by Crippen LogP contribution is 2.45. The number of anilines is 1. The van der Waals surface area contributed by atoms with E-state index >= 15 is 4.39 Å². The smallest absolute Gasteiger partial charge is 0.258 e. The number of aromatic nitrogens is 3. The van der Waals surface area contributed by atoms with Crippen molar-refractivity contribution in [2.45, 2.75) is 45.1 Å². The van der Waals surface area contributed by atoms with E-state index in [2.05, 4.69) is 22.2 Å². The molecule has 186 valence electrons. The minimum absolute atomic E-state index is 0.116. The van der Waals surface area contributed by atoms with Crippen LogP contribution in [-0.4, -0.2) is 58.0 Å². The summed E-state index contributed by atoms with van der Waals surface area (Å²) >= 11 is 6.32. The molecule has 5 rings (SSSR count). The molecular formula is C25H30ClFN6O2. The lowest BCUT2D eigenvalue weighted by Gasteiger charge is -2.32. The lowest BCUT2D eigenvalue weighted by molar-refractivity contribution is 0.0923. The molecule has 0 spiro atoms. The van der Waals surface area contributed by atoms with E-state index in [1.807, 2.05) is 18.2 Å². The first-order chi connectivity index (χ1) is 16.7. The highest BCUT2D eigenvalue weighted by Gasteiger charge is 2.36. The number of piperidine rings is 1. The Kier molecular flexibility index (Phi) is 6.31. The van der Waals surface area contributed by atoms with Gasteiger partial charge in [0.2, 0.25) is 0 Å². The first-order valence-corrected chi connectivity index (χ1v) is 12.4. The van der Waals surface area contributed by atoms with Crippen molar-refractivity contribution in [2.24, 2.45) is 5.92 Å². The molecule has 35 heavy (non-hydrogen) atoms. The average Bonchev–Trinajstić information content (AvgIpc) is 3.17. The van der Waals surface area contributed by atoms with Gasteiger partial charge in [0, 0.05) is 30.4 Å². The fourth-order valence-electron chi connectivity index (χ4n) is 5.28. The zero-order valence-corrected chi connectivity index (χ0v) is 20.9. The summed E-state index contributed by atoms with van der Waals surface area (Å²) in [5.74, 6) is 0.156. The van der Waals surface area contributed by atoms with Crippen LogP contribution in [0, 0.1) is 18.7 Å². The molecule has 3 N–H and O–H groups in total. The molecule has 1 saturated heterocycles. The summed E-state index contributed by atoms with van der Waals surface area (Å²) in [5, 5.41) is 2.81. The summed E-state index contributed by atoms with van der Waals surface area (Å²) in [4.78, 5) is 24.5. The number of carbonyl (C=O) groups excluding carboxylic acids is 1. The van der Waals surface area contributed by atoms with E-state index in [1.165, 1.54) is 0 Å². The topological polar surface area (TPSA) is 97.8 Å². The van der Waals surface area contributed by atoms with E-state index in [0.29, 0.717) is 30.3 Å². The Balaban J connectivity index is 1.53. The van der Waals surface area contributed by atoms with Gasteiger partial charge in [-0.05, 0) is 65.2 Å². The molecular weight excluding hydrogens is 471 g/mol. The van der Waals surface area contributed by atoms with Crippen LogP contribution in [-0.2, 0) is 0 Å². The first-order valence-electron chi connectivity index (χ1n) is 12.0. The third kappa shape index (κ3) is 4.31. The number of aryl methyl sites for hydroxylation is 1. The minimum atomic E-state index is -0.767. The zero-order valence-electron chi connectivity index (χ0n) is 20.1. The Morgan fingerprint density at radius 1 is 1.37 bits per heavy atom. The second-order valence-corrected chi connectivity index (χ2v) is 10.1. The molecule has 0 bridgehead atoms. The van der Waals surface area contributed by atoms with Crippen LogP contribution in [0.2, 0.25) is 5.02 Å². The van der Waals surface area contributed by atoms with Crippen molar-refractivity contribution in [3.63, 3.8) is 0 Å². The summed E-state index contributed by atoms with van der Waals surface area (Å²) in [7, 11) is 2.09. The maximum Gasteiger partial charge on any atom is 0.258 e. The van der Waals surface area contributed by atoms with Crippen molar-refractivity contribution in [2.75, 3.05) is 32.4 Å². The Morgan fingerprint density at radius 3 is 2.86 bits per heavy atom. The molecule has 2 aromatic heterocycles. The molecule has 0 aliphatic carbocycles. The van der Waals surface area contributed by atoms with Crippen LogP contribution in [0.15, 0.2) is 18.5 Å². The maximum absolute atomic E-state index is 15.3. The first kappa shape index (κ1) is 23.8. The molecule has 2 aliphatic rings. The van der Waals surface area contributed by atoms with E-state index in [4.69, 9.17) is 27.1 Å². The number of fused-ring (bicyclic) bond motifs is 2. The molecule has 0 saturated carbocycles. The van der Waals surface area contributed by atoms with Crippen molar-refractivity contribution in [3.05, 3.63) is 51.9 Å². The summed E-state index contributed by atoms with van der Waals surface area (Å²) in [6.07, 6.45) is 5.74. The van der Waals surface area contributed by atoms with Gasteiger partial charge in [0.25, 0.3) is 5.91 Å². The largest absolute Gasteiger partial charge is 0.489 e. The molecule has 1 aromatic carbocycles. The summed E-state index contributed by atoms with van der Waals surface area (Å²) < 4.78 is 23.3. The van der Waals surface area contributed by atoms with Crippen molar-refractivity contribution in [3.8, 4) is 5.75 Å². The molecule has 0 radical (unpaired) electrons. The Labute approximate surface area is 208 Å². The van der Waals surface area contributed by atoms with Gasteiger partial charge < -0.3 is 20.7 Å². The van der Waals surface area contributed by atoms with E-state index in [-0.39, 0.29) is 28.4 Å². The van der Waals surface area contributed by atoms with Gasteiger partial charge in [0.15, 0.2) is 5.82 Å². The highest BCUT2D eigenvalue weighted by atomic mass is 35.5. The van der Waals surface area contributed by atoms with Gasteiger partial charge in [-0.1, -0.05) is 11.6 Å². The van der Waals surface area contributed by atoms with Crippen LogP contribution >= 0.6 is 11.6 Å². The Morgan fingerprint density at radius 2 is 2.11 bits per heavy atom. The average molecular weight is 501 g/mol. The summed E-state index contributed by atoms with van der Waals surface area (Å²) in [6.45, 7) is 6.24. The van der Waals surface area contributed by atoms with Gasteiger partial charge in [-0.2, -0.15) is 0 Å². The number of imidazole rings is 1. The van der Waals surface area contributed by atoms with Crippen LogP contribution in [0.3, 0.4) is 0 Å². The van der Waals surface area contributed by atoms with Gasteiger partial charge in [-0.15, -0.1) is 0 Å². The number of amides is 1. The van der Waals surface area contributed by atoms with Crippen LogP contribution in [0.25, 0.3) is 5.52 Å². The monoisotopic (exact) mass is 500 g/mol. The van der Waals surface area contributed by atoms with Gasteiger partial charge in [-0.3, -0.25) is 9.20 Å². The standard InChI is InChI=1S/C25H30ClFN6O2/c1-13-10-17(24-31-14(2)21-23(28)29-6-9-33(21)24)16-11-18(26)20(27)19(22(16)35-13)25(34)30-12-15-4-7-32(3)8-5-15/h6,9,11,13,15,17H,4-5,7-8,10,12H2,1-3H3,(H2,28,29)(H,30,34)/t13?,17-/m0/s1. The van der Waals surface area contributed by atoms with Crippen LogP contribution in [0.5, 0.6) is 5.75 Å². The number of nitrogens with one attached hydrogen (secondary N) is 1. The number of nitrogens with zero attached hydrogens (tertiary/aromatic N) is 4. The zero-order chi connectivity index (χ0) is 24.9. The van der Waals surface area contributed by atoms with Crippen LogP contribution < -0.4 is 15.8 Å². The fraction of sp³-hybridized carbons (Fsp3) is 0.480. The summed E-state index contributed by atoms with van der Waals surface area (Å²) in [5.41, 5.74) is 8.08. The van der Waals surface area contributed by atoms with Crippen LogP contribution in [0.1, 0.15) is 59.5 Å². The lowest BCUT2D eigenvalue weighted by atomic mass is 9.87. The second-order valence-electron chi connectivity index (χ2n) is 9.73. The number of nitrogens with two attached hydrogens (primary N) is 1. The molecule has 8 nitrogen and oxygen atoms in total. The van der Waals surface area contributed by atoms with Gasteiger partial charge in [0.1, 0.15) is 28.5 Å². The fourth-order valence-corrected chi connectivity index (χ4v) is 5.49. The number of rotatable bonds is 4. The molecule has 1 amide bonds. The van der Waals surface area contributed by atoms with Crippen molar-refractivity contribution in [1.82, 2.24) is 24.6 Å². The van der Waals surface area contributed by atoms with E-state index in [0.717, 1.165) is 43.0 Å². The number of likely N-dealkylation sites (tertiary alicyclic amines) is 1. The predicted molar refractivity (Wildman–Crippen MR) is 133 cm³/mol. The van der Waals surface area contributed by atoms with E-state index in [9.17, 15) is 4.79 Å². The second kappa shape index (κ2) is 9.28. The number of hydrogen-bond acceptors (Lipinski definition) is 6. The summed E-state index contributed by atoms with van der Waals surface area (Å²) in [6, 6.07) is 1.55. The van der Waals surface area contributed by atoms with E-state index < -0.39 is 11.7 Å². The minimum Gasteiger partial charge on any atom is -0.489 e. The lowest BCUT2D eigenvalue weighted by Crippen LogP contribution is -2.37. The van der Waals surface area contributed by atoms with Crippen molar-refractivity contribution < 1.29 is 13.9 Å². The molecule has 10 heteroatoms. The van der Waals surface area contributed by atoms with Crippen molar-refractivity contribution >= 4 is 28.8 Å². The maximum atomic E-state index is 15.3. The van der Waals surface area contributed by atoms with Gasteiger partial charge in [0.05, 0.1) is 16.8 Å². The van der Waals surface area contributed by atoms with Crippen molar-refractivity contribution in [1.29, 1.82) is 0 Å². The molecule has 2 aliphatic heterocycles. The molecule has 1 unspecified atom stereocenters. The molecule has 4 heterocycles. The van der Waals surface area contributed by atoms with Crippen LogP contribution in [0.4, 0.5) is 10.2 Å². The third-order valence-corrected chi connectivity index (χ3v) is 7.45. The SMILES string of the molecule is Cc1nc([C@H]2CC(C)Oc3c2cc(Cl)c(F)c3C(=O)NCC2CCN(C)CC2)n2ccnc(N)c12. The Hall–Kier alpha value is -2.91. The van der Waals surface area contributed by atoms with Gasteiger partial charge >= 0.3 is 0 Å². The third-order valence-electron chi connectivity index (χ3n) is 7.18. The number of ether oxygens (including phenoxy) is 1. The Bertz CT molecular complexity index is 1290. The molecule has 2 atom stereocenters. The predicted octanol–water partition coefficient (Wildman–Crippen LogP) is 3.79. The number of nitrogen functional groups attached to an aromatic ring is 1. The quantitative estimate of drug-likeness (QED) is 0.565. The van der Waals surface area contributed by atoms with Gasteiger partial charge in [-0.25, -0.2) is 14.4 Å². The number of carbonyl (C=O) groups is 1. The highest BCUT2D eigenvalue weighted by molar-refractivity contribution is 6.31. The molecule has 3 aromatic rings. The number of benzene rings is 1. The number of halogens is 2. The number of hydrogen-bond donors (Lipinski definition) is 2. The molecule has 1 fully saturated rings. The normalized spacial score (nSPS) is 21.1. The van der Waals surface area contributed by atoms with E-state index in [1.54, 1.807) is 18.5 Å².